The quantitative estimate of drug-likeness (QED) is 0.466. The largest absolute Gasteiger partial charge is 0.351 e. The number of amides is 3. The average molecular weight is 392 g/mol. The number of nitrogens with two attached hydrogens (primary N) is 1. The van der Waals surface area contributed by atoms with Crippen molar-refractivity contribution >= 4 is 45.3 Å². The van der Waals surface area contributed by atoms with Crippen LogP contribution in [0.15, 0.2) is 39.6 Å². The molecule has 3 aromatic rings. The Hall–Kier alpha value is -2.72. The maximum Gasteiger partial charge on any atom is 0.318 e. The second kappa shape index (κ2) is 7.26. The molecule has 0 saturated heterocycles. The van der Waals surface area contributed by atoms with E-state index in [0.717, 1.165) is 11.8 Å². The first-order valence-electron chi connectivity index (χ1n) is 7.39. The van der Waals surface area contributed by atoms with Crippen LogP contribution in [0.25, 0.3) is 21.3 Å². The molecule has 0 radical (unpaired) electrons. The minimum absolute atomic E-state index is 0.252. The Balaban J connectivity index is 1.92. The number of halogens is 1. The van der Waals surface area contributed by atoms with Crippen molar-refractivity contribution in [3.05, 3.63) is 45.8 Å². The average Bonchev–Trinajstić information content (AvgIpc) is 2.99. The highest BCUT2D eigenvalue weighted by Crippen LogP contribution is 2.32. The van der Waals surface area contributed by atoms with E-state index in [4.69, 9.17) is 5.73 Å². The number of thiophene rings is 1. The smallest absolute Gasteiger partial charge is 0.318 e. The number of nitrogens with zero attached hydrogens (tertiary/aromatic N) is 1. The van der Waals surface area contributed by atoms with E-state index in [2.05, 4.69) is 9.97 Å². The summed E-state index contributed by atoms with van der Waals surface area (Å²) < 4.78 is 13.1. The molecule has 0 aliphatic rings. The van der Waals surface area contributed by atoms with E-state index in [9.17, 15) is 18.8 Å². The lowest BCUT2D eigenvalue weighted by atomic mass is 10.1. The summed E-state index contributed by atoms with van der Waals surface area (Å²) in [5.74, 6) is -0.939. The van der Waals surface area contributed by atoms with Gasteiger partial charge >= 0.3 is 6.03 Å². The third-order valence-electron chi connectivity index (χ3n) is 3.48. The number of aromatic amines is 1. The molecular weight excluding hydrogens is 379 g/mol. The number of benzene rings is 1. The van der Waals surface area contributed by atoms with E-state index in [0.29, 0.717) is 21.3 Å². The molecule has 3 amide bonds. The van der Waals surface area contributed by atoms with Crippen molar-refractivity contribution in [2.24, 2.45) is 5.73 Å². The molecule has 26 heavy (non-hydrogen) atoms. The van der Waals surface area contributed by atoms with Crippen LogP contribution in [0.3, 0.4) is 0 Å². The molecule has 0 aliphatic heterocycles. The zero-order valence-corrected chi connectivity index (χ0v) is 15.0. The van der Waals surface area contributed by atoms with Crippen LogP contribution < -0.4 is 16.6 Å². The fourth-order valence-corrected chi connectivity index (χ4v) is 4.07. The Morgan fingerprint density at radius 3 is 2.69 bits per heavy atom. The summed E-state index contributed by atoms with van der Waals surface area (Å²) in [6.45, 7) is 1.56. The summed E-state index contributed by atoms with van der Waals surface area (Å²) in [6, 6.07) is 4.89. The number of rotatable bonds is 4. The van der Waals surface area contributed by atoms with Crippen molar-refractivity contribution in [1.82, 2.24) is 15.3 Å². The number of hydrogen-bond donors (Lipinski definition) is 3. The number of carbonyl (C=O) groups is 2. The Morgan fingerprint density at radius 1 is 1.35 bits per heavy atom. The number of urea groups is 1. The Bertz CT molecular complexity index is 1050. The number of fused-ring (bicyclic) bond motifs is 1. The van der Waals surface area contributed by atoms with Crippen molar-refractivity contribution in [2.45, 2.75) is 17.3 Å². The predicted molar refractivity (Wildman–Crippen MR) is 98.7 cm³/mol. The van der Waals surface area contributed by atoms with Gasteiger partial charge in [-0.05, 0) is 24.6 Å². The van der Waals surface area contributed by atoms with Crippen LogP contribution in [0, 0.1) is 5.82 Å². The van der Waals surface area contributed by atoms with Crippen molar-refractivity contribution in [2.75, 3.05) is 0 Å². The van der Waals surface area contributed by atoms with E-state index in [-0.39, 0.29) is 16.5 Å². The van der Waals surface area contributed by atoms with Gasteiger partial charge in [0.1, 0.15) is 10.6 Å². The molecule has 134 valence electrons. The minimum atomic E-state index is -0.943. The highest BCUT2D eigenvalue weighted by molar-refractivity contribution is 8.00. The molecule has 4 N–H and O–H groups in total. The number of primary amides is 1. The van der Waals surface area contributed by atoms with Crippen LogP contribution in [0.5, 0.6) is 0 Å². The number of thioether (sulfide) groups is 1. The van der Waals surface area contributed by atoms with Gasteiger partial charge in [-0.15, -0.1) is 11.3 Å². The summed E-state index contributed by atoms with van der Waals surface area (Å²) >= 11 is 2.27. The highest BCUT2D eigenvalue weighted by atomic mass is 32.2. The lowest BCUT2D eigenvalue weighted by Gasteiger charge is -2.09. The van der Waals surface area contributed by atoms with Crippen LogP contribution >= 0.6 is 23.1 Å². The fraction of sp³-hybridized carbons (Fsp3) is 0.125. The monoisotopic (exact) mass is 392 g/mol. The van der Waals surface area contributed by atoms with Gasteiger partial charge in [0.2, 0.25) is 5.91 Å². The predicted octanol–water partition coefficient (Wildman–Crippen LogP) is 2.47. The fourth-order valence-electron chi connectivity index (χ4n) is 2.27. The molecule has 1 aromatic carbocycles. The summed E-state index contributed by atoms with van der Waals surface area (Å²) in [4.78, 5) is 42.5. The topological polar surface area (TPSA) is 118 Å². The zero-order chi connectivity index (χ0) is 18.8. The molecule has 2 heterocycles. The molecule has 0 bridgehead atoms. The summed E-state index contributed by atoms with van der Waals surface area (Å²) in [5, 5.41) is 3.73. The van der Waals surface area contributed by atoms with E-state index in [1.807, 2.05) is 5.32 Å². The molecule has 1 atom stereocenters. The van der Waals surface area contributed by atoms with Crippen molar-refractivity contribution in [3.63, 3.8) is 0 Å². The Kier molecular flexibility index (Phi) is 5.05. The normalized spacial score (nSPS) is 12.1. The first-order valence-corrected chi connectivity index (χ1v) is 9.15. The maximum absolute atomic E-state index is 13.1. The molecule has 0 saturated carbocycles. The molecule has 0 spiro atoms. The van der Waals surface area contributed by atoms with E-state index < -0.39 is 17.2 Å². The summed E-state index contributed by atoms with van der Waals surface area (Å²) in [5.41, 5.74) is 5.92. The molecule has 2 aromatic heterocycles. The molecule has 10 heteroatoms. The van der Waals surface area contributed by atoms with Crippen LogP contribution in [-0.2, 0) is 4.79 Å². The summed E-state index contributed by atoms with van der Waals surface area (Å²) in [7, 11) is 0. The van der Waals surface area contributed by atoms with Gasteiger partial charge in [0.25, 0.3) is 5.56 Å². The Labute approximate surface area is 154 Å². The van der Waals surface area contributed by atoms with E-state index in [1.165, 1.54) is 23.5 Å². The molecular formula is C16H13FN4O3S2. The lowest BCUT2D eigenvalue weighted by Crippen LogP contribution is -2.39. The standard InChI is InChI=1S/C16H13FN4O3S2/c1-7(12(22)19-15(18)24)26-16-20-13(23)11-10(6-25-14(11)21-16)8-2-4-9(17)5-3-8/h2-7H,1H3,(H,20,21,23)(H3,18,19,22,24)/t7-/m0/s1. The van der Waals surface area contributed by atoms with E-state index in [1.54, 1.807) is 24.4 Å². The van der Waals surface area contributed by atoms with E-state index >= 15 is 0 Å². The van der Waals surface area contributed by atoms with Crippen molar-refractivity contribution < 1.29 is 14.0 Å². The molecule has 0 aliphatic carbocycles. The lowest BCUT2D eigenvalue weighted by molar-refractivity contribution is -0.119. The Morgan fingerprint density at radius 2 is 2.04 bits per heavy atom. The second-order valence-corrected chi connectivity index (χ2v) is 7.51. The van der Waals surface area contributed by atoms with Crippen LogP contribution in [0.2, 0.25) is 0 Å². The van der Waals surface area contributed by atoms with Gasteiger partial charge in [-0.1, -0.05) is 23.9 Å². The van der Waals surface area contributed by atoms with Gasteiger partial charge in [0.05, 0.1) is 10.6 Å². The van der Waals surface area contributed by atoms with Gasteiger partial charge in [0, 0.05) is 10.9 Å². The number of carbonyl (C=O) groups excluding carboxylic acids is 2. The van der Waals surface area contributed by atoms with Gasteiger partial charge < -0.3 is 10.7 Å². The molecule has 3 rings (SSSR count). The number of hydrogen-bond acceptors (Lipinski definition) is 6. The molecule has 7 nitrogen and oxygen atoms in total. The van der Waals surface area contributed by atoms with Crippen molar-refractivity contribution in [3.8, 4) is 11.1 Å². The number of imide groups is 1. The third-order valence-corrected chi connectivity index (χ3v) is 5.34. The molecule has 0 fully saturated rings. The van der Waals surface area contributed by atoms with Crippen LogP contribution in [0.1, 0.15) is 6.92 Å². The van der Waals surface area contributed by atoms with Gasteiger partial charge in [-0.2, -0.15) is 0 Å². The minimum Gasteiger partial charge on any atom is -0.351 e. The number of aromatic nitrogens is 2. The third kappa shape index (κ3) is 3.75. The van der Waals surface area contributed by atoms with Crippen molar-refractivity contribution in [1.29, 1.82) is 0 Å². The first-order chi connectivity index (χ1) is 12.3. The highest BCUT2D eigenvalue weighted by Gasteiger charge is 2.19. The van der Waals surface area contributed by atoms with Gasteiger partial charge in [-0.3, -0.25) is 14.9 Å². The zero-order valence-electron chi connectivity index (χ0n) is 13.4. The first kappa shape index (κ1) is 18.1. The maximum atomic E-state index is 13.1. The second-order valence-electron chi connectivity index (χ2n) is 5.32. The van der Waals surface area contributed by atoms with Gasteiger partial charge in [-0.25, -0.2) is 14.2 Å². The summed E-state index contributed by atoms with van der Waals surface area (Å²) in [6.07, 6.45) is 0. The van der Waals surface area contributed by atoms with Gasteiger partial charge in [0.15, 0.2) is 5.16 Å². The van der Waals surface area contributed by atoms with Crippen LogP contribution in [-0.4, -0.2) is 27.2 Å². The number of H-pyrrole nitrogens is 1. The van der Waals surface area contributed by atoms with Crippen LogP contribution in [0.4, 0.5) is 9.18 Å². The number of nitrogens with one attached hydrogen (secondary N) is 2. The SMILES string of the molecule is C[C@H](Sc1nc2scc(-c3ccc(F)cc3)c2c(=O)[nH]1)C(=O)NC(N)=O. The molecule has 0 unspecified atom stereocenters.